The minimum atomic E-state index is -1.56. The van der Waals surface area contributed by atoms with E-state index in [9.17, 15) is 9.59 Å². The summed E-state index contributed by atoms with van der Waals surface area (Å²) in [7, 11) is 0. The monoisotopic (exact) mass is 280 g/mol. The van der Waals surface area contributed by atoms with Crippen LogP contribution in [-0.2, 0) is 9.59 Å². The summed E-state index contributed by atoms with van der Waals surface area (Å²) in [6, 6.07) is 0. The first kappa shape index (κ1) is 23.7. The first-order valence-electron chi connectivity index (χ1n) is 5.48. The molecule has 0 aliphatic rings. The Kier molecular flexibility index (Phi) is 17.5. The maximum atomic E-state index is 11.1. The summed E-state index contributed by atoms with van der Waals surface area (Å²) < 4.78 is 0. The van der Waals surface area contributed by atoms with Crippen molar-refractivity contribution in [3.05, 3.63) is 0 Å². The van der Waals surface area contributed by atoms with Crippen molar-refractivity contribution >= 4 is 92.9 Å². The molecule has 0 aliphatic carbocycles. The number of hydrogen-bond acceptors (Lipinski definition) is 2. The number of carboxylic acids is 2. The zero-order valence-electron chi connectivity index (χ0n) is 9.45. The SMILES string of the molecule is CCCCC(CCCC)(C(=O)O)C(=O)O.[KH].[NaH]. The van der Waals surface area contributed by atoms with Gasteiger partial charge in [0.05, 0.1) is 0 Å². The van der Waals surface area contributed by atoms with E-state index < -0.39 is 17.4 Å². The van der Waals surface area contributed by atoms with Crippen molar-refractivity contribution < 1.29 is 19.8 Å². The molecule has 92 valence electrons. The van der Waals surface area contributed by atoms with Crippen molar-refractivity contribution in [2.24, 2.45) is 5.41 Å². The van der Waals surface area contributed by atoms with Crippen LogP contribution in [0.2, 0.25) is 0 Å². The number of carboxylic acid groups (broad SMARTS) is 2. The molecule has 0 aromatic heterocycles. The van der Waals surface area contributed by atoms with Crippen LogP contribution in [0.1, 0.15) is 52.4 Å². The molecule has 0 heterocycles. The molecule has 0 saturated carbocycles. The van der Waals surface area contributed by atoms with Gasteiger partial charge in [-0.25, -0.2) is 0 Å². The number of hydrogen-bond donors (Lipinski definition) is 2. The van der Waals surface area contributed by atoms with E-state index in [1.807, 2.05) is 13.8 Å². The summed E-state index contributed by atoms with van der Waals surface area (Å²) in [5, 5.41) is 18.1. The molecule has 4 nitrogen and oxygen atoms in total. The van der Waals surface area contributed by atoms with Crippen molar-refractivity contribution in [2.75, 3.05) is 0 Å². The van der Waals surface area contributed by atoms with Gasteiger partial charge in [-0.1, -0.05) is 39.5 Å². The minimum absolute atomic E-state index is 0. The normalized spacial score (nSPS) is 10.0. The van der Waals surface area contributed by atoms with Gasteiger partial charge in [0.25, 0.3) is 0 Å². The van der Waals surface area contributed by atoms with Crippen LogP contribution in [0.5, 0.6) is 0 Å². The molecule has 0 bridgehead atoms. The zero-order chi connectivity index (χ0) is 11.9. The Morgan fingerprint density at radius 2 is 1.24 bits per heavy atom. The summed E-state index contributed by atoms with van der Waals surface area (Å²) in [5.74, 6) is -2.39. The summed E-state index contributed by atoms with van der Waals surface area (Å²) >= 11 is 0. The van der Waals surface area contributed by atoms with Crippen LogP contribution in [0, 0.1) is 5.41 Å². The topological polar surface area (TPSA) is 74.6 Å². The standard InChI is InChI=1S/C11H20O4.K.Na.2H/c1-3-5-7-11(9(12)13,10(14)15)8-6-4-2;;;;/h3-8H2,1-2H3,(H,12,13)(H,14,15);;;;. The Hall–Kier alpha value is 1.58. The first-order valence-corrected chi connectivity index (χ1v) is 5.48. The molecule has 0 saturated heterocycles. The average molecular weight is 280 g/mol. The van der Waals surface area contributed by atoms with E-state index in [-0.39, 0.29) is 93.8 Å². The van der Waals surface area contributed by atoms with E-state index in [1.165, 1.54) is 0 Å². The van der Waals surface area contributed by atoms with Crippen LogP contribution >= 0.6 is 0 Å². The molecule has 0 unspecified atom stereocenters. The third-order valence-electron chi connectivity index (χ3n) is 2.73. The molecule has 0 spiro atoms. The summed E-state index contributed by atoms with van der Waals surface area (Å²) in [5.41, 5.74) is -1.56. The van der Waals surface area contributed by atoms with Gasteiger partial charge in [-0.05, 0) is 12.8 Å². The van der Waals surface area contributed by atoms with Crippen molar-refractivity contribution in [1.82, 2.24) is 0 Å². The van der Waals surface area contributed by atoms with E-state index in [1.54, 1.807) is 0 Å². The van der Waals surface area contributed by atoms with Gasteiger partial charge in [-0.15, -0.1) is 0 Å². The van der Waals surface area contributed by atoms with Gasteiger partial charge in [-0.3, -0.25) is 9.59 Å². The number of unbranched alkanes of at least 4 members (excludes halogenated alkanes) is 2. The van der Waals surface area contributed by atoms with Gasteiger partial charge < -0.3 is 10.2 Å². The fraction of sp³-hybridized carbons (Fsp3) is 0.818. The van der Waals surface area contributed by atoms with Crippen molar-refractivity contribution in [2.45, 2.75) is 52.4 Å². The van der Waals surface area contributed by atoms with Crippen LogP contribution in [-0.4, -0.2) is 103 Å². The Bertz CT molecular complexity index is 210. The molecule has 0 radical (unpaired) electrons. The number of rotatable bonds is 8. The zero-order valence-corrected chi connectivity index (χ0v) is 9.45. The number of carbonyl (C=O) groups is 2. The van der Waals surface area contributed by atoms with Crippen LogP contribution in [0.25, 0.3) is 0 Å². The van der Waals surface area contributed by atoms with Gasteiger partial charge in [0.15, 0.2) is 5.41 Å². The first-order chi connectivity index (χ1) is 7.01. The van der Waals surface area contributed by atoms with E-state index >= 15 is 0 Å². The summed E-state index contributed by atoms with van der Waals surface area (Å²) in [4.78, 5) is 22.2. The van der Waals surface area contributed by atoms with E-state index in [2.05, 4.69) is 0 Å². The Morgan fingerprint density at radius 3 is 1.41 bits per heavy atom. The quantitative estimate of drug-likeness (QED) is 0.518. The third-order valence-corrected chi connectivity index (χ3v) is 2.73. The molecule has 0 rings (SSSR count). The second-order valence-electron chi connectivity index (χ2n) is 3.90. The number of aliphatic carboxylic acids is 2. The second-order valence-corrected chi connectivity index (χ2v) is 3.90. The van der Waals surface area contributed by atoms with Gasteiger partial charge >= 0.3 is 92.9 Å². The van der Waals surface area contributed by atoms with Gasteiger partial charge in [0, 0.05) is 0 Å². The molecule has 0 aliphatic heterocycles. The second kappa shape index (κ2) is 12.6. The van der Waals surface area contributed by atoms with E-state index in [0.717, 1.165) is 12.8 Å². The van der Waals surface area contributed by atoms with Gasteiger partial charge in [0.1, 0.15) is 0 Å². The molecular formula is C11H22KNaO4. The molecule has 0 fully saturated rings. The predicted molar refractivity (Wildman–Crippen MR) is 71.1 cm³/mol. The Balaban J connectivity index is -0.000000980. The van der Waals surface area contributed by atoms with Crippen molar-refractivity contribution in [3.8, 4) is 0 Å². The van der Waals surface area contributed by atoms with Crippen LogP contribution < -0.4 is 0 Å². The predicted octanol–water partition coefficient (Wildman–Crippen LogP) is 1.23. The summed E-state index contributed by atoms with van der Waals surface area (Å²) in [6.45, 7) is 3.85. The van der Waals surface area contributed by atoms with Gasteiger partial charge in [-0.2, -0.15) is 0 Å². The Morgan fingerprint density at radius 1 is 0.941 bits per heavy atom. The molecule has 0 aromatic carbocycles. The average Bonchev–Trinajstić information content (AvgIpc) is 2.17. The molecule has 17 heavy (non-hydrogen) atoms. The third kappa shape index (κ3) is 7.67. The maximum absolute atomic E-state index is 11.1. The van der Waals surface area contributed by atoms with Crippen molar-refractivity contribution in [1.29, 1.82) is 0 Å². The van der Waals surface area contributed by atoms with Crippen LogP contribution in [0.3, 0.4) is 0 Å². The molecule has 2 N–H and O–H groups in total. The molecule has 6 heteroatoms. The summed E-state index contributed by atoms with van der Waals surface area (Å²) in [6.07, 6.45) is 3.37. The molecule has 0 aromatic rings. The fourth-order valence-corrected chi connectivity index (χ4v) is 1.60. The Labute approximate surface area is 168 Å². The van der Waals surface area contributed by atoms with E-state index in [0.29, 0.717) is 12.8 Å². The van der Waals surface area contributed by atoms with Crippen molar-refractivity contribution in [3.63, 3.8) is 0 Å². The van der Waals surface area contributed by atoms with Gasteiger partial charge in [0.2, 0.25) is 0 Å². The fourth-order valence-electron chi connectivity index (χ4n) is 1.60. The molecule has 0 amide bonds. The molecule has 0 atom stereocenters. The molecular weight excluding hydrogens is 258 g/mol. The van der Waals surface area contributed by atoms with Crippen LogP contribution in [0.15, 0.2) is 0 Å². The van der Waals surface area contributed by atoms with E-state index in [4.69, 9.17) is 10.2 Å². The van der Waals surface area contributed by atoms with Crippen LogP contribution in [0.4, 0.5) is 0 Å².